The summed E-state index contributed by atoms with van der Waals surface area (Å²) >= 11 is 3.50. The summed E-state index contributed by atoms with van der Waals surface area (Å²) in [5.74, 6) is 0.0655. The quantitative estimate of drug-likeness (QED) is 0.919. The Morgan fingerprint density at radius 3 is 2.71 bits per heavy atom. The molecule has 3 rings (SSSR count). The Morgan fingerprint density at radius 1 is 1.19 bits per heavy atom. The number of aromatic nitrogens is 1. The molecular formula is C16H16BrN3O. The maximum atomic E-state index is 12.4. The molecule has 0 saturated carbocycles. The van der Waals surface area contributed by atoms with Gasteiger partial charge in [-0.15, -0.1) is 0 Å². The molecule has 0 unspecified atom stereocenters. The minimum atomic E-state index is 0.0655. The zero-order chi connectivity index (χ0) is 14.7. The highest BCUT2D eigenvalue weighted by molar-refractivity contribution is 9.10. The smallest absolute Gasteiger partial charge is 0.255 e. The summed E-state index contributed by atoms with van der Waals surface area (Å²) in [5, 5.41) is 3.28. The van der Waals surface area contributed by atoms with E-state index in [2.05, 4.69) is 26.2 Å². The lowest BCUT2D eigenvalue weighted by Crippen LogP contribution is -2.27. The highest BCUT2D eigenvalue weighted by Gasteiger charge is 2.19. The first-order valence-electron chi connectivity index (χ1n) is 7.00. The largest absolute Gasteiger partial charge is 0.353 e. The van der Waals surface area contributed by atoms with E-state index < -0.39 is 0 Å². The number of nitrogens with one attached hydrogen (secondary N) is 1. The summed E-state index contributed by atoms with van der Waals surface area (Å²) < 4.78 is 0.973. The molecule has 108 valence electrons. The van der Waals surface area contributed by atoms with Crippen molar-refractivity contribution in [2.45, 2.75) is 12.8 Å². The Balaban J connectivity index is 1.80. The summed E-state index contributed by atoms with van der Waals surface area (Å²) in [6.07, 6.45) is 5.54. The normalized spacial score (nSPS) is 14.2. The lowest BCUT2D eigenvalue weighted by atomic mass is 10.2. The van der Waals surface area contributed by atoms with Crippen LogP contribution in [0.5, 0.6) is 0 Å². The van der Waals surface area contributed by atoms with Gasteiger partial charge in [-0.05, 0) is 47.0 Å². The Hall–Kier alpha value is -1.88. The van der Waals surface area contributed by atoms with Crippen LogP contribution in [0.2, 0.25) is 0 Å². The molecule has 1 saturated heterocycles. The molecule has 21 heavy (non-hydrogen) atoms. The Kier molecular flexibility index (Phi) is 4.20. The van der Waals surface area contributed by atoms with E-state index >= 15 is 0 Å². The van der Waals surface area contributed by atoms with Gasteiger partial charge in [0.2, 0.25) is 0 Å². The van der Waals surface area contributed by atoms with Crippen molar-refractivity contribution in [1.29, 1.82) is 0 Å². The average molecular weight is 346 g/mol. The lowest BCUT2D eigenvalue weighted by molar-refractivity contribution is 0.0792. The number of amides is 1. The van der Waals surface area contributed by atoms with Gasteiger partial charge in [-0.3, -0.25) is 9.78 Å². The van der Waals surface area contributed by atoms with Gasteiger partial charge >= 0.3 is 0 Å². The van der Waals surface area contributed by atoms with Crippen LogP contribution in [0.3, 0.4) is 0 Å². The number of likely N-dealkylation sites (tertiary alicyclic amines) is 1. The molecule has 1 aromatic heterocycles. The number of carbonyl (C=O) groups excluding carboxylic acids is 1. The zero-order valence-electron chi connectivity index (χ0n) is 11.6. The molecule has 0 bridgehead atoms. The van der Waals surface area contributed by atoms with E-state index in [1.54, 1.807) is 12.4 Å². The van der Waals surface area contributed by atoms with E-state index in [1.807, 2.05) is 35.2 Å². The van der Waals surface area contributed by atoms with E-state index in [9.17, 15) is 4.79 Å². The molecule has 2 heterocycles. The standard InChI is InChI=1S/C16H16BrN3O/c17-14-5-1-2-6-15(14)19-13-9-12(10-18-11-13)16(21)20-7-3-4-8-20/h1-2,5-6,9-11,19H,3-4,7-8H2. The molecule has 1 aliphatic heterocycles. The van der Waals surface area contributed by atoms with Crippen molar-refractivity contribution in [3.8, 4) is 0 Å². The molecule has 1 N–H and O–H groups in total. The van der Waals surface area contributed by atoms with Gasteiger partial charge in [-0.1, -0.05) is 12.1 Å². The first kappa shape index (κ1) is 14.1. The number of nitrogens with zero attached hydrogens (tertiary/aromatic N) is 2. The van der Waals surface area contributed by atoms with Gasteiger partial charge in [0.05, 0.1) is 23.1 Å². The fraction of sp³-hybridized carbons (Fsp3) is 0.250. The second-order valence-electron chi connectivity index (χ2n) is 5.07. The van der Waals surface area contributed by atoms with E-state index in [4.69, 9.17) is 0 Å². The van der Waals surface area contributed by atoms with E-state index in [0.29, 0.717) is 5.56 Å². The molecule has 0 radical (unpaired) electrons. The highest BCUT2D eigenvalue weighted by atomic mass is 79.9. The lowest BCUT2D eigenvalue weighted by Gasteiger charge is -2.15. The van der Waals surface area contributed by atoms with Crippen LogP contribution in [-0.2, 0) is 0 Å². The number of pyridine rings is 1. The molecule has 1 amide bonds. The summed E-state index contributed by atoms with van der Waals surface area (Å²) in [6, 6.07) is 9.71. The van der Waals surface area contributed by atoms with Crippen LogP contribution in [0.1, 0.15) is 23.2 Å². The number of hydrogen-bond donors (Lipinski definition) is 1. The Bertz CT molecular complexity index is 653. The minimum absolute atomic E-state index is 0.0655. The van der Waals surface area contributed by atoms with Crippen molar-refractivity contribution in [2.75, 3.05) is 18.4 Å². The zero-order valence-corrected chi connectivity index (χ0v) is 13.1. The number of halogens is 1. The van der Waals surface area contributed by atoms with Crippen LogP contribution in [0, 0.1) is 0 Å². The molecule has 5 heteroatoms. The predicted octanol–water partition coefficient (Wildman–Crippen LogP) is 3.82. The fourth-order valence-electron chi connectivity index (χ4n) is 2.45. The molecular weight excluding hydrogens is 330 g/mol. The summed E-state index contributed by atoms with van der Waals surface area (Å²) in [4.78, 5) is 18.4. The fourth-order valence-corrected chi connectivity index (χ4v) is 2.83. The third kappa shape index (κ3) is 3.24. The van der Waals surface area contributed by atoms with Crippen molar-refractivity contribution in [2.24, 2.45) is 0 Å². The number of rotatable bonds is 3. The van der Waals surface area contributed by atoms with Crippen LogP contribution in [0.15, 0.2) is 47.2 Å². The summed E-state index contributed by atoms with van der Waals surface area (Å²) in [5.41, 5.74) is 2.39. The number of carbonyl (C=O) groups is 1. The summed E-state index contributed by atoms with van der Waals surface area (Å²) in [7, 11) is 0. The number of para-hydroxylation sites is 1. The number of anilines is 2. The van der Waals surface area contributed by atoms with E-state index in [-0.39, 0.29) is 5.91 Å². The Morgan fingerprint density at radius 2 is 1.95 bits per heavy atom. The van der Waals surface area contributed by atoms with Gasteiger partial charge in [-0.2, -0.15) is 0 Å². The van der Waals surface area contributed by atoms with Gasteiger partial charge in [0.1, 0.15) is 0 Å². The van der Waals surface area contributed by atoms with Gasteiger partial charge in [0.15, 0.2) is 0 Å². The molecule has 1 aliphatic rings. The van der Waals surface area contributed by atoms with Gasteiger partial charge in [-0.25, -0.2) is 0 Å². The van der Waals surface area contributed by atoms with E-state index in [1.165, 1.54) is 0 Å². The molecule has 1 aromatic carbocycles. The van der Waals surface area contributed by atoms with Crippen LogP contribution in [-0.4, -0.2) is 28.9 Å². The number of benzene rings is 1. The van der Waals surface area contributed by atoms with Crippen LogP contribution >= 0.6 is 15.9 Å². The van der Waals surface area contributed by atoms with Gasteiger partial charge < -0.3 is 10.2 Å². The van der Waals surface area contributed by atoms with Crippen molar-refractivity contribution >= 4 is 33.2 Å². The molecule has 0 spiro atoms. The molecule has 1 fully saturated rings. The maximum absolute atomic E-state index is 12.4. The van der Waals surface area contributed by atoms with Crippen LogP contribution in [0.25, 0.3) is 0 Å². The highest BCUT2D eigenvalue weighted by Crippen LogP contribution is 2.25. The van der Waals surface area contributed by atoms with Gasteiger partial charge in [0.25, 0.3) is 5.91 Å². The second kappa shape index (κ2) is 6.26. The molecule has 0 atom stereocenters. The Labute approximate surface area is 132 Å². The third-order valence-electron chi connectivity index (χ3n) is 3.53. The minimum Gasteiger partial charge on any atom is -0.353 e. The number of hydrogen-bond acceptors (Lipinski definition) is 3. The monoisotopic (exact) mass is 345 g/mol. The van der Waals surface area contributed by atoms with Crippen LogP contribution < -0.4 is 5.32 Å². The topological polar surface area (TPSA) is 45.2 Å². The third-order valence-corrected chi connectivity index (χ3v) is 4.22. The maximum Gasteiger partial charge on any atom is 0.255 e. The van der Waals surface area contributed by atoms with Crippen molar-refractivity contribution < 1.29 is 4.79 Å². The first-order chi connectivity index (χ1) is 10.2. The second-order valence-corrected chi connectivity index (χ2v) is 5.92. The predicted molar refractivity (Wildman–Crippen MR) is 86.8 cm³/mol. The molecule has 2 aromatic rings. The van der Waals surface area contributed by atoms with E-state index in [0.717, 1.165) is 41.8 Å². The van der Waals surface area contributed by atoms with Crippen LogP contribution in [0.4, 0.5) is 11.4 Å². The van der Waals surface area contributed by atoms with Gasteiger partial charge in [0, 0.05) is 23.8 Å². The molecule has 4 nitrogen and oxygen atoms in total. The van der Waals surface area contributed by atoms with Crippen molar-refractivity contribution in [3.63, 3.8) is 0 Å². The van der Waals surface area contributed by atoms with Crippen molar-refractivity contribution in [3.05, 3.63) is 52.8 Å². The molecule has 0 aliphatic carbocycles. The van der Waals surface area contributed by atoms with Crippen molar-refractivity contribution in [1.82, 2.24) is 9.88 Å². The first-order valence-corrected chi connectivity index (χ1v) is 7.79. The summed E-state index contributed by atoms with van der Waals surface area (Å²) in [6.45, 7) is 1.70. The SMILES string of the molecule is O=C(c1cncc(Nc2ccccc2Br)c1)N1CCCC1. The average Bonchev–Trinajstić information content (AvgIpc) is 3.03.